The Morgan fingerprint density at radius 1 is 1.73 bits per heavy atom. The second-order valence-corrected chi connectivity index (χ2v) is 2.04. The maximum absolute atomic E-state index is 11.0. The van der Waals surface area contributed by atoms with Gasteiger partial charge in [0, 0.05) is 13.2 Å². The van der Waals surface area contributed by atoms with Crippen LogP contribution >= 0.6 is 0 Å². The number of nitrogens with zero attached hydrogens (tertiary/aromatic N) is 2. The molecule has 0 aliphatic carbocycles. The van der Waals surface area contributed by atoms with Crippen molar-refractivity contribution in [1.82, 2.24) is 9.78 Å². The van der Waals surface area contributed by atoms with E-state index in [0.717, 1.165) is 4.68 Å². The molecule has 0 atom stereocenters. The van der Waals surface area contributed by atoms with Gasteiger partial charge >= 0.3 is 0 Å². The largest absolute Gasteiger partial charge is 0.365 e. The summed E-state index contributed by atoms with van der Waals surface area (Å²) in [4.78, 5) is 21.6. The maximum Gasteiger partial charge on any atom is 0.279 e. The zero-order valence-corrected chi connectivity index (χ0v) is 5.94. The van der Waals surface area contributed by atoms with Gasteiger partial charge in [-0.05, 0) is 6.07 Å². The molecule has 58 valence electrons. The minimum Gasteiger partial charge on any atom is -0.365 e. The summed E-state index contributed by atoms with van der Waals surface area (Å²) in [6.07, 6.45) is 1.35. The summed E-state index contributed by atoms with van der Waals surface area (Å²) in [6, 6.07) is 1.30. The molecule has 2 N–H and O–H groups in total. The number of aromatic nitrogens is 2. The standard InChI is InChI=1S/C6H7N3O2/c1-9-6(11)4(5(7)10)2-3-8-9/h2-3H,1H3,(H2,7,10). The van der Waals surface area contributed by atoms with Gasteiger partial charge in [0.2, 0.25) is 0 Å². The molecule has 1 amide bonds. The van der Waals surface area contributed by atoms with Crippen LogP contribution in [0.15, 0.2) is 17.1 Å². The summed E-state index contributed by atoms with van der Waals surface area (Å²) >= 11 is 0. The van der Waals surface area contributed by atoms with Crippen LogP contribution in [0.5, 0.6) is 0 Å². The maximum atomic E-state index is 11.0. The molecule has 0 radical (unpaired) electrons. The van der Waals surface area contributed by atoms with E-state index in [-0.39, 0.29) is 5.56 Å². The van der Waals surface area contributed by atoms with E-state index >= 15 is 0 Å². The number of hydrogen-bond acceptors (Lipinski definition) is 3. The third-order valence-electron chi connectivity index (χ3n) is 1.27. The molecule has 0 unspecified atom stereocenters. The SMILES string of the molecule is Cn1nccc(C(N)=O)c1=O. The van der Waals surface area contributed by atoms with E-state index in [1.165, 1.54) is 19.3 Å². The minimum absolute atomic E-state index is 0.0394. The number of aryl methyl sites for hydroxylation is 1. The highest BCUT2D eigenvalue weighted by Gasteiger charge is 2.05. The second kappa shape index (κ2) is 2.53. The molecular weight excluding hydrogens is 146 g/mol. The number of carbonyl (C=O) groups is 1. The first kappa shape index (κ1) is 7.46. The number of nitrogens with two attached hydrogens (primary N) is 1. The van der Waals surface area contributed by atoms with Crippen LogP contribution < -0.4 is 11.3 Å². The Bertz CT molecular complexity index is 342. The van der Waals surface area contributed by atoms with Gasteiger partial charge in [0.1, 0.15) is 5.56 Å². The Hall–Kier alpha value is -1.65. The van der Waals surface area contributed by atoms with Gasteiger partial charge in [-0.2, -0.15) is 5.10 Å². The molecule has 1 heterocycles. The molecule has 11 heavy (non-hydrogen) atoms. The molecule has 1 rings (SSSR count). The average Bonchev–Trinajstić information content (AvgIpc) is 1.94. The smallest absolute Gasteiger partial charge is 0.279 e. The van der Waals surface area contributed by atoms with Gasteiger partial charge in [-0.15, -0.1) is 0 Å². The fourth-order valence-corrected chi connectivity index (χ4v) is 0.693. The van der Waals surface area contributed by atoms with Gasteiger partial charge in [-0.3, -0.25) is 9.59 Å². The van der Waals surface area contributed by atoms with E-state index in [0.29, 0.717) is 0 Å². The van der Waals surface area contributed by atoms with E-state index in [4.69, 9.17) is 5.73 Å². The zero-order valence-electron chi connectivity index (χ0n) is 5.94. The van der Waals surface area contributed by atoms with Crippen LogP contribution in [0.1, 0.15) is 10.4 Å². The topological polar surface area (TPSA) is 78.0 Å². The molecule has 1 aromatic heterocycles. The monoisotopic (exact) mass is 153 g/mol. The van der Waals surface area contributed by atoms with Crippen LogP contribution in [-0.4, -0.2) is 15.7 Å². The van der Waals surface area contributed by atoms with Crippen LogP contribution in [0.2, 0.25) is 0 Å². The van der Waals surface area contributed by atoms with Gasteiger partial charge in [-0.1, -0.05) is 0 Å². The van der Waals surface area contributed by atoms with Crippen molar-refractivity contribution in [2.45, 2.75) is 0 Å². The minimum atomic E-state index is -0.729. The normalized spacial score (nSPS) is 9.55. The summed E-state index contributed by atoms with van der Waals surface area (Å²) in [6.45, 7) is 0. The molecule has 5 nitrogen and oxygen atoms in total. The highest BCUT2D eigenvalue weighted by molar-refractivity contribution is 5.92. The molecule has 0 saturated carbocycles. The lowest BCUT2D eigenvalue weighted by molar-refractivity contribution is 0.0998. The van der Waals surface area contributed by atoms with Crippen molar-refractivity contribution in [3.05, 3.63) is 28.2 Å². The number of rotatable bonds is 1. The third-order valence-corrected chi connectivity index (χ3v) is 1.27. The number of primary amides is 1. The Balaban J connectivity index is 3.40. The van der Waals surface area contributed by atoms with Crippen molar-refractivity contribution in [3.8, 4) is 0 Å². The highest BCUT2D eigenvalue weighted by Crippen LogP contribution is 1.84. The molecule has 0 aliphatic heterocycles. The first-order valence-electron chi connectivity index (χ1n) is 2.95. The fourth-order valence-electron chi connectivity index (χ4n) is 0.693. The van der Waals surface area contributed by atoms with Gasteiger partial charge < -0.3 is 5.73 Å². The molecular formula is C6H7N3O2. The van der Waals surface area contributed by atoms with Crippen molar-refractivity contribution in [2.75, 3.05) is 0 Å². The third kappa shape index (κ3) is 1.26. The van der Waals surface area contributed by atoms with E-state index in [1.807, 2.05) is 0 Å². The first-order chi connectivity index (χ1) is 5.13. The van der Waals surface area contributed by atoms with Crippen LogP contribution in [0.3, 0.4) is 0 Å². The van der Waals surface area contributed by atoms with Crippen LogP contribution in [-0.2, 0) is 7.05 Å². The quantitative estimate of drug-likeness (QED) is 0.555. The van der Waals surface area contributed by atoms with Crippen LogP contribution in [0.4, 0.5) is 0 Å². The molecule has 0 fully saturated rings. The lowest BCUT2D eigenvalue weighted by atomic mass is 10.3. The predicted molar refractivity (Wildman–Crippen MR) is 38.0 cm³/mol. The van der Waals surface area contributed by atoms with Crippen molar-refractivity contribution in [3.63, 3.8) is 0 Å². The number of hydrogen-bond donors (Lipinski definition) is 1. The van der Waals surface area contributed by atoms with Crippen molar-refractivity contribution < 1.29 is 4.79 Å². The van der Waals surface area contributed by atoms with Crippen molar-refractivity contribution >= 4 is 5.91 Å². The molecule has 0 aromatic carbocycles. The molecule has 0 spiro atoms. The van der Waals surface area contributed by atoms with Crippen molar-refractivity contribution in [2.24, 2.45) is 12.8 Å². The van der Waals surface area contributed by atoms with E-state index in [2.05, 4.69) is 5.10 Å². The average molecular weight is 153 g/mol. The second-order valence-electron chi connectivity index (χ2n) is 2.04. The molecule has 0 saturated heterocycles. The molecule has 1 aromatic rings. The van der Waals surface area contributed by atoms with E-state index in [1.54, 1.807) is 0 Å². The van der Waals surface area contributed by atoms with Crippen LogP contribution in [0, 0.1) is 0 Å². The van der Waals surface area contributed by atoms with Crippen molar-refractivity contribution in [1.29, 1.82) is 0 Å². The van der Waals surface area contributed by atoms with Gasteiger partial charge in [-0.25, -0.2) is 4.68 Å². The lowest BCUT2D eigenvalue weighted by Gasteiger charge is -1.95. The molecule has 0 aliphatic rings. The summed E-state index contributed by atoms with van der Waals surface area (Å²) in [5.74, 6) is -0.729. The van der Waals surface area contributed by atoms with Gasteiger partial charge in [0.05, 0.1) is 0 Å². The highest BCUT2D eigenvalue weighted by atomic mass is 16.2. The number of carbonyl (C=O) groups excluding carboxylic acids is 1. The summed E-state index contributed by atoms with van der Waals surface area (Å²) in [5, 5.41) is 3.62. The fraction of sp³-hybridized carbons (Fsp3) is 0.167. The Morgan fingerprint density at radius 2 is 2.36 bits per heavy atom. The molecule has 0 bridgehead atoms. The Morgan fingerprint density at radius 3 is 2.82 bits per heavy atom. The first-order valence-corrected chi connectivity index (χ1v) is 2.95. The number of amides is 1. The lowest BCUT2D eigenvalue weighted by Crippen LogP contribution is -2.28. The van der Waals surface area contributed by atoms with Gasteiger partial charge in [0.15, 0.2) is 0 Å². The van der Waals surface area contributed by atoms with Gasteiger partial charge in [0.25, 0.3) is 11.5 Å². The predicted octanol–water partition coefficient (Wildman–Crippen LogP) is -1.12. The van der Waals surface area contributed by atoms with E-state index < -0.39 is 11.5 Å². The van der Waals surface area contributed by atoms with E-state index in [9.17, 15) is 9.59 Å². The zero-order chi connectivity index (χ0) is 8.43. The molecule has 5 heteroatoms. The van der Waals surface area contributed by atoms with Crippen LogP contribution in [0.25, 0.3) is 0 Å². The Labute approximate surface area is 62.4 Å². The summed E-state index contributed by atoms with van der Waals surface area (Å²) in [5.41, 5.74) is 4.39. The summed E-state index contributed by atoms with van der Waals surface area (Å²) < 4.78 is 1.06. The Kier molecular flexibility index (Phi) is 1.72. The summed E-state index contributed by atoms with van der Waals surface area (Å²) in [7, 11) is 1.45.